The monoisotopic (exact) mass is 685 g/mol. The second kappa shape index (κ2) is 11.2. The molecule has 3 heterocycles. The summed E-state index contributed by atoms with van der Waals surface area (Å²) in [6.07, 6.45) is -4.48. The number of aromatic nitrogens is 3. The molecule has 0 amide bonds. The summed E-state index contributed by atoms with van der Waals surface area (Å²) in [6.45, 7) is 2.02. The minimum absolute atomic E-state index is 0.146. The van der Waals surface area contributed by atoms with Crippen molar-refractivity contribution >= 4 is 54.8 Å². The number of oxazole rings is 2. The van der Waals surface area contributed by atoms with Crippen LogP contribution in [0, 0.1) is 6.92 Å². The maximum absolute atomic E-state index is 13.4. The van der Waals surface area contributed by atoms with Crippen LogP contribution in [-0.2, 0) is 6.18 Å². The van der Waals surface area contributed by atoms with Gasteiger partial charge in [0.25, 0.3) is 0 Å². The summed E-state index contributed by atoms with van der Waals surface area (Å²) in [5, 5.41) is 4.25. The third-order valence-corrected chi connectivity index (χ3v) is 9.73. The van der Waals surface area contributed by atoms with E-state index in [4.69, 9.17) is 13.8 Å². The van der Waals surface area contributed by atoms with E-state index in [0.717, 1.165) is 67.4 Å². The average molecular weight is 686 g/mol. The fourth-order valence-electron chi connectivity index (χ4n) is 7.13. The molecule has 0 spiro atoms. The minimum Gasteiger partial charge on any atom is -0.436 e. The van der Waals surface area contributed by atoms with Crippen molar-refractivity contribution in [1.29, 1.82) is 0 Å². The Balaban J connectivity index is 1.13. The van der Waals surface area contributed by atoms with Gasteiger partial charge in [-0.05, 0) is 119 Å². The molecule has 0 saturated carbocycles. The molecule has 7 aromatic carbocycles. The van der Waals surface area contributed by atoms with E-state index in [0.29, 0.717) is 17.0 Å². The van der Waals surface area contributed by atoms with E-state index in [1.54, 1.807) is 0 Å². The largest absolute Gasteiger partial charge is 0.436 e. The first kappa shape index (κ1) is 30.2. The summed E-state index contributed by atoms with van der Waals surface area (Å²) in [5.41, 5.74) is 8.84. The Kier molecular flexibility index (Phi) is 6.48. The van der Waals surface area contributed by atoms with Crippen molar-refractivity contribution in [2.45, 2.75) is 13.1 Å². The summed E-state index contributed by atoms with van der Waals surface area (Å²) in [5.74, 6) is 0.751. The van der Waals surface area contributed by atoms with Crippen LogP contribution < -0.4 is 0 Å². The summed E-state index contributed by atoms with van der Waals surface area (Å²) in [4.78, 5) is 9.25. The Morgan fingerprint density at radius 3 is 1.75 bits per heavy atom. The molecule has 0 N–H and O–H groups in total. The highest BCUT2D eigenvalue weighted by Crippen LogP contribution is 2.39. The molecule has 0 saturated heterocycles. The molecule has 0 unspecified atom stereocenters. The molecule has 10 rings (SSSR count). The molecule has 0 atom stereocenters. The Labute approximate surface area is 294 Å². The summed E-state index contributed by atoms with van der Waals surface area (Å²) < 4.78 is 54.7. The van der Waals surface area contributed by atoms with E-state index in [1.807, 2.05) is 61.5 Å². The molecule has 0 bridgehead atoms. The number of fused-ring (bicyclic) bond motifs is 6. The van der Waals surface area contributed by atoms with Gasteiger partial charge >= 0.3 is 6.18 Å². The third-order valence-electron chi connectivity index (χ3n) is 9.73. The molecule has 8 heteroatoms. The van der Waals surface area contributed by atoms with Gasteiger partial charge in [0, 0.05) is 27.6 Å². The van der Waals surface area contributed by atoms with Crippen LogP contribution in [0.3, 0.4) is 0 Å². The molecule has 5 nitrogen and oxygen atoms in total. The van der Waals surface area contributed by atoms with Gasteiger partial charge in [-0.3, -0.25) is 0 Å². The molecule has 0 aliphatic rings. The van der Waals surface area contributed by atoms with Crippen molar-refractivity contribution in [3.05, 3.63) is 151 Å². The van der Waals surface area contributed by atoms with Gasteiger partial charge in [-0.25, -0.2) is 9.97 Å². The van der Waals surface area contributed by atoms with Crippen LogP contribution in [0.2, 0.25) is 0 Å². The van der Waals surface area contributed by atoms with Gasteiger partial charge in [0.15, 0.2) is 11.2 Å². The second-order valence-corrected chi connectivity index (χ2v) is 13.1. The molecule has 250 valence electrons. The number of rotatable bonds is 4. The van der Waals surface area contributed by atoms with Crippen molar-refractivity contribution in [2.24, 2.45) is 0 Å². The average Bonchev–Trinajstić information content (AvgIpc) is 3.87. The van der Waals surface area contributed by atoms with E-state index < -0.39 is 11.7 Å². The van der Waals surface area contributed by atoms with Crippen molar-refractivity contribution < 1.29 is 22.0 Å². The normalized spacial score (nSPS) is 12.2. The lowest BCUT2D eigenvalue weighted by Crippen LogP contribution is -2.03. The SMILES string of the molecule is Cc1ccc2oc(-c3ccc4c(c3)c3cc(-c5nc6cc(C(F)(F)F)ccc6o5)ccc3n4-c3ccc(-c4ccc5ccccc5c4)cc3)nc2c1. The van der Waals surface area contributed by atoms with Crippen LogP contribution in [0.1, 0.15) is 11.1 Å². The second-order valence-electron chi connectivity index (χ2n) is 13.1. The van der Waals surface area contributed by atoms with Crippen LogP contribution in [0.4, 0.5) is 13.2 Å². The Morgan fingerprint density at radius 2 is 1.10 bits per heavy atom. The van der Waals surface area contributed by atoms with Crippen LogP contribution in [-0.4, -0.2) is 14.5 Å². The molecule has 0 fully saturated rings. The van der Waals surface area contributed by atoms with E-state index in [9.17, 15) is 13.2 Å². The molecule has 0 radical (unpaired) electrons. The first-order valence-electron chi connectivity index (χ1n) is 16.8. The number of benzene rings is 7. The van der Waals surface area contributed by atoms with Crippen molar-refractivity contribution in [3.63, 3.8) is 0 Å². The van der Waals surface area contributed by atoms with Crippen LogP contribution in [0.5, 0.6) is 0 Å². The van der Waals surface area contributed by atoms with Gasteiger partial charge in [-0.15, -0.1) is 0 Å². The highest BCUT2D eigenvalue weighted by molar-refractivity contribution is 6.11. The standard InChI is InChI=1S/C44H26F3N3O2/c1-25-6-18-40-36(20-25)48-42(51-40)30-11-16-38-34(22-30)35-23-31(43-49-37-24-32(44(45,46)47)13-19-41(37)52-43)12-17-39(35)50(38)33-14-9-27(10-15-33)29-8-7-26-4-2-3-5-28(26)21-29/h2-24H,1H3. The van der Waals surface area contributed by atoms with Crippen molar-refractivity contribution in [1.82, 2.24) is 14.5 Å². The number of hydrogen-bond donors (Lipinski definition) is 0. The van der Waals surface area contributed by atoms with Gasteiger partial charge < -0.3 is 13.4 Å². The number of nitrogens with zero attached hydrogens (tertiary/aromatic N) is 3. The predicted octanol–water partition coefficient (Wildman–Crippen LogP) is 12.5. The summed E-state index contributed by atoms with van der Waals surface area (Å²) in [6, 6.07) is 44.6. The number of alkyl halides is 3. The zero-order valence-electron chi connectivity index (χ0n) is 27.6. The molecule has 0 aliphatic heterocycles. The van der Waals surface area contributed by atoms with E-state index in [1.165, 1.54) is 16.8 Å². The summed E-state index contributed by atoms with van der Waals surface area (Å²) >= 11 is 0. The van der Waals surface area contributed by atoms with Gasteiger partial charge in [-0.2, -0.15) is 13.2 Å². The molecule has 52 heavy (non-hydrogen) atoms. The maximum atomic E-state index is 13.4. The molecule has 0 aliphatic carbocycles. The van der Waals surface area contributed by atoms with Crippen LogP contribution in [0.15, 0.2) is 148 Å². The first-order valence-corrected chi connectivity index (χ1v) is 16.8. The minimum atomic E-state index is -4.48. The Hall–Kier alpha value is -6.67. The fourth-order valence-corrected chi connectivity index (χ4v) is 7.13. The molecular formula is C44H26F3N3O2. The quantitative estimate of drug-likeness (QED) is 0.185. The topological polar surface area (TPSA) is 57.0 Å². The predicted molar refractivity (Wildman–Crippen MR) is 199 cm³/mol. The Morgan fingerprint density at radius 1 is 0.519 bits per heavy atom. The van der Waals surface area contributed by atoms with Gasteiger partial charge in [0.1, 0.15) is 11.0 Å². The Bertz CT molecular complexity index is 3020. The summed E-state index contributed by atoms with van der Waals surface area (Å²) in [7, 11) is 0. The lowest BCUT2D eigenvalue weighted by atomic mass is 10.0. The van der Waals surface area contributed by atoms with Gasteiger partial charge in [0.2, 0.25) is 11.8 Å². The molecular weight excluding hydrogens is 659 g/mol. The zero-order valence-corrected chi connectivity index (χ0v) is 27.6. The van der Waals surface area contributed by atoms with Crippen LogP contribution >= 0.6 is 0 Å². The fraction of sp³-hybridized carbons (Fsp3) is 0.0455. The van der Waals surface area contributed by atoms with E-state index in [2.05, 4.69) is 76.3 Å². The lowest BCUT2D eigenvalue weighted by Gasteiger charge is -2.10. The van der Waals surface area contributed by atoms with Crippen molar-refractivity contribution in [2.75, 3.05) is 0 Å². The molecule has 3 aromatic heterocycles. The lowest BCUT2D eigenvalue weighted by molar-refractivity contribution is -0.137. The maximum Gasteiger partial charge on any atom is 0.416 e. The van der Waals surface area contributed by atoms with E-state index >= 15 is 0 Å². The molecule has 10 aromatic rings. The van der Waals surface area contributed by atoms with Crippen molar-refractivity contribution in [3.8, 4) is 39.7 Å². The number of hydrogen-bond acceptors (Lipinski definition) is 4. The smallest absolute Gasteiger partial charge is 0.416 e. The first-order chi connectivity index (χ1) is 25.2. The number of halogens is 3. The van der Waals surface area contributed by atoms with Crippen LogP contribution in [0.25, 0.3) is 94.5 Å². The van der Waals surface area contributed by atoms with Gasteiger partial charge in [0.05, 0.1) is 16.6 Å². The van der Waals surface area contributed by atoms with E-state index in [-0.39, 0.29) is 17.0 Å². The highest BCUT2D eigenvalue weighted by Gasteiger charge is 2.31. The third kappa shape index (κ3) is 4.94. The highest BCUT2D eigenvalue weighted by atomic mass is 19.4. The number of aryl methyl sites for hydroxylation is 1. The van der Waals surface area contributed by atoms with Gasteiger partial charge in [-0.1, -0.05) is 54.6 Å². The zero-order chi connectivity index (χ0) is 35.1.